The minimum Gasteiger partial charge on any atom is -0.497 e. The molecule has 1 aromatic heterocycles. The normalized spacial score (nSPS) is 13.8. The Kier molecular flexibility index (Phi) is 4.16. The number of allylic oxidation sites excluding steroid dienone is 2. The second-order valence-electron chi connectivity index (χ2n) is 5.56. The lowest BCUT2D eigenvalue weighted by Crippen LogP contribution is -2.23. The van der Waals surface area contributed by atoms with Gasteiger partial charge in [0.25, 0.3) is 0 Å². The van der Waals surface area contributed by atoms with Gasteiger partial charge in [-0.05, 0) is 36.8 Å². The number of rotatable bonds is 4. The van der Waals surface area contributed by atoms with Crippen molar-refractivity contribution in [3.63, 3.8) is 0 Å². The maximum atomic E-state index is 12.8. The molecule has 0 spiro atoms. The first-order valence-corrected chi connectivity index (χ1v) is 7.51. The molecule has 0 unspecified atom stereocenters. The number of aromatic nitrogens is 1. The third kappa shape index (κ3) is 2.69. The van der Waals surface area contributed by atoms with Crippen LogP contribution in [-0.4, -0.2) is 30.8 Å². The maximum absolute atomic E-state index is 12.8. The second kappa shape index (κ2) is 6.28. The van der Waals surface area contributed by atoms with E-state index in [1.54, 1.807) is 39.3 Å². The third-order valence-electron chi connectivity index (χ3n) is 4.13. The summed E-state index contributed by atoms with van der Waals surface area (Å²) in [5.74, 6) is 0.915. The largest absolute Gasteiger partial charge is 0.497 e. The summed E-state index contributed by atoms with van der Waals surface area (Å²) in [6, 6.07) is 8.71. The number of methoxy groups -OCH3 is 2. The van der Waals surface area contributed by atoms with Crippen molar-refractivity contribution in [1.29, 1.82) is 0 Å². The highest BCUT2D eigenvalue weighted by molar-refractivity contribution is 6.26. The standard InChI is InChI=1S/C19H17NO4/c1-11-16(9-12-7-13(23-2)10-14(8-12)24-3)19(22)17-15(18(11)21)5-4-6-20-17/h4-8,10H,9H2,1-3H3. The molecule has 1 heterocycles. The van der Waals surface area contributed by atoms with Crippen molar-refractivity contribution >= 4 is 11.6 Å². The zero-order chi connectivity index (χ0) is 17.3. The summed E-state index contributed by atoms with van der Waals surface area (Å²) in [5, 5.41) is 0. The molecule has 1 aromatic carbocycles. The fourth-order valence-corrected chi connectivity index (χ4v) is 2.81. The Morgan fingerprint density at radius 1 is 1.00 bits per heavy atom. The summed E-state index contributed by atoms with van der Waals surface area (Å²) in [7, 11) is 3.14. The molecule has 24 heavy (non-hydrogen) atoms. The number of benzene rings is 1. The number of carbonyl (C=O) groups is 2. The zero-order valence-corrected chi connectivity index (χ0v) is 13.8. The van der Waals surface area contributed by atoms with Crippen molar-refractivity contribution in [1.82, 2.24) is 4.98 Å². The SMILES string of the molecule is COc1cc(CC2=C(C)C(=O)c3cccnc3C2=O)cc(OC)c1. The summed E-state index contributed by atoms with van der Waals surface area (Å²) < 4.78 is 10.5. The molecule has 0 fully saturated rings. The Morgan fingerprint density at radius 2 is 1.67 bits per heavy atom. The van der Waals surface area contributed by atoms with Gasteiger partial charge < -0.3 is 9.47 Å². The number of carbonyl (C=O) groups excluding carboxylic acids is 2. The van der Waals surface area contributed by atoms with E-state index in [0.717, 1.165) is 5.56 Å². The molecule has 0 radical (unpaired) electrons. The first kappa shape index (κ1) is 15.9. The highest BCUT2D eigenvalue weighted by Crippen LogP contribution is 2.29. The van der Waals surface area contributed by atoms with E-state index in [1.807, 2.05) is 12.1 Å². The highest BCUT2D eigenvalue weighted by atomic mass is 16.5. The molecule has 0 N–H and O–H groups in total. The predicted octanol–water partition coefficient (Wildman–Crippen LogP) is 3.04. The third-order valence-corrected chi connectivity index (χ3v) is 4.13. The smallest absolute Gasteiger partial charge is 0.208 e. The van der Waals surface area contributed by atoms with Crippen LogP contribution < -0.4 is 9.47 Å². The lowest BCUT2D eigenvalue weighted by molar-refractivity contribution is 0.0969. The number of hydrogen-bond acceptors (Lipinski definition) is 5. The minimum absolute atomic E-state index is 0.150. The summed E-state index contributed by atoms with van der Waals surface area (Å²) in [6.07, 6.45) is 1.84. The first-order valence-electron chi connectivity index (χ1n) is 7.51. The van der Waals surface area contributed by atoms with Crippen molar-refractivity contribution in [3.8, 4) is 11.5 Å². The number of nitrogens with zero attached hydrogens (tertiary/aromatic N) is 1. The number of pyridine rings is 1. The van der Waals surface area contributed by atoms with Crippen LogP contribution in [0.3, 0.4) is 0 Å². The molecule has 0 saturated heterocycles. The average Bonchev–Trinajstić information content (AvgIpc) is 2.63. The number of Topliss-reactive ketones (excluding diaryl/α,β-unsaturated/α-hetero) is 2. The highest BCUT2D eigenvalue weighted by Gasteiger charge is 2.30. The Hall–Kier alpha value is -2.95. The molecule has 0 saturated carbocycles. The van der Waals surface area contributed by atoms with Crippen molar-refractivity contribution < 1.29 is 19.1 Å². The molecule has 5 nitrogen and oxygen atoms in total. The Bertz CT molecular complexity index is 845. The van der Waals surface area contributed by atoms with E-state index in [-0.39, 0.29) is 17.3 Å². The van der Waals surface area contributed by atoms with Gasteiger partial charge in [0.05, 0.1) is 19.8 Å². The molecule has 5 heteroatoms. The molecule has 0 amide bonds. The molecule has 1 aliphatic carbocycles. The van der Waals surface area contributed by atoms with Crippen LogP contribution in [0.4, 0.5) is 0 Å². The maximum Gasteiger partial charge on any atom is 0.208 e. The monoisotopic (exact) mass is 323 g/mol. The van der Waals surface area contributed by atoms with E-state index in [1.165, 1.54) is 6.20 Å². The lowest BCUT2D eigenvalue weighted by Gasteiger charge is -2.18. The molecule has 1 aliphatic rings. The summed E-state index contributed by atoms with van der Waals surface area (Å²) in [4.78, 5) is 29.4. The van der Waals surface area contributed by atoms with Crippen LogP contribution >= 0.6 is 0 Å². The van der Waals surface area contributed by atoms with Gasteiger partial charge in [0.1, 0.15) is 17.2 Å². The van der Waals surface area contributed by atoms with Crippen molar-refractivity contribution in [3.05, 3.63) is 64.5 Å². The molecule has 3 rings (SSSR count). The van der Waals surface area contributed by atoms with Gasteiger partial charge in [0, 0.05) is 29.8 Å². The molecule has 2 aromatic rings. The Balaban J connectivity index is 2.03. The summed E-state index contributed by atoms with van der Waals surface area (Å²) >= 11 is 0. The fraction of sp³-hybridized carbons (Fsp3) is 0.211. The van der Waals surface area contributed by atoms with Gasteiger partial charge in [-0.2, -0.15) is 0 Å². The Labute approximate surface area is 139 Å². The van der Waals surface area contributed by atoms with E-state index in [4.69, 9.17) is 9.47 Å². The quantitative estimate of drug-likeness (QED) is 0.865. The van der Waals surface area contributed by atoms with E-state index >= 15 is 0 Å². The van der Waals surface area contributed by atoms with Crippen LogP contribution in [-0.2, 0) is 6.42 Å². The first-order chi connectivity index (χ1) is 11.5. The van der Waals surface area contributed by atoms with E-state index in [9.17, 15) is 9.59 Å². The van der Waals surface area contributed by atoms with Crippen molar-refractivity contribution in [2.45, 2.75) is 13.3 Å². The van der Waals surface area contributed by atoms with Crippen LogP contribution in [0.25, 0.3) is 0 Å². The topological polar surface area (TPSA) is 65.5 Å². The van der Waals surface area contributed by atoms with Crippen LogP contribution in [0.15, 0.2) is 47.7 Å². The van der Waals surface area contributed by atoms with Crippen molar-refractivity contribution in [2.75, 3.05) is 14.2 Å². The fourth-order valence-electron chi connectivity index (χ4n) is 2.81. The van der Waals surface area contributed by atoms with Crippen molar-refractivity contribution in [2.24, 2.45) is 0 Å². The molecule has 0 aliphatic heterocycles. The van der Waals surface area contributed by atoms with Gasteiger partial charge in [-0.25, -0.2) is 0 Å². The molecule has 0 bridgehead atoms. The van der Waals surface area contributed by atoms with Crippen LogP contribution in [0.5, 0.6) is 11.5 Å². The van der Waals surface area contributed by atoms with Crippen LogP contribution in [0, 0.1) is 0 Å². The predicted molar refractivity (Wildman–Crippen MR) is 88.8 cm³/mol. The van der Waals surface area contributed by atoms with Gasteiger partial charge >= 0.3 is 0 Å². The van der Waals surface area contributed by atoms with Crippen LogP contribution in [0.2, 0.25) is 0 Å². The van der Waals surface area contributed by atoms with Crippen LogP contribution in [0.1, 0.15) is 33.3 Å². The zero-order valence-electron chi connectivity index (χ0n) is 13.8. The minimum atomic E-state index is -0.204. The number of ketones is 2. The van der Waals surface area contributed by atoms with E-state index in [2.05, 4.69) is 4.98 Å². The second-order valence-corrected chi connectivity index (χ2v) is 5.56. The van der Waals surface area contributed by atoms with E-state index in [0.29, 0.717) is 34.6 Å². The van der Waals surface area contributed by atoms with Gasteiger partial charge in [-0.3, -0.25) is 14.6 Å². The van der Waals surface area contributed by atoms with Gasteiger partial charge in [0.2, 0.25) is 5.78 Å². The summed E-state index contributed by atoms with van der Waals surface area (Å²) in [5.41, 5.74) is 2.34. The number of hydrogen-bond donors (Lipinski definition) is 0. The molecule has 0 atom stereocenters. The summed E-state index contributed by atoms with van der Waals surface area (Å²) in [6.45, 7) is 1.68. The number of ether oxygens (including phenoxy) is 2. The molecular formula is C19H17NO4. The van der Waals surface area contributed by atoms with Gasteiger partial charge in [0.15, 0.2) is 5.78 Å². The lowest BCUT2D eigenvalue weighted by atomic mass is 9.85. The van der Waals surface area contributed by atoms with Gasteiger partial charge in [-0.1, -0.05) is 0 Å². The molecular weight excluding hydrogens is 306 g/mol. The van der Waals surface area contributed by atoms with E-state index < -0.39 is 0 Å². The average molecular weight is 323 g/mol. The number of fused-ring (bicyclic) bond motifs is 1. The van der Waals surface area contributed by atoms with Gasteiger partial charge in [-0.15, -0.1) is 0 Å². The Morgan fingerprint density at radius 3 is 2.29 bits per heavy atom. The molecule has 122 valence electrons.